The second-order valence-corrected chi connectivity index (χ2v) is 53.0. The Bertz CT molecular complexity index is 9580. The fourth-order valence-corrected chi connectivity index (χ4v) is 32.6. The number of benzene rings is 22. The Morgan fingerprint density at radius 2 is 0.408 bits per heavy atom. The summed E-state index contributed by atoms with van der Waals surface area (Å²) in [5.41, 5.74) is 26.4. The lowest BCUT2D eigenvalue weighted by molar-refractivity contribution is 1.08. The van der Waals surface area contributed by atoms with Crippen LogP contribution in [0.15, 0.2) is 479 Å². The lowest BCUT2D eigenvalue weighted by Gasteiger charge is -2.22. The summed E-state index contributed by atoms with van der Waals surface area (Å²) in [6, 6.07) is 171. The van der Waals surface area contributed by atoms with E-state index in [1.807, 2.05) is 42.5 Å². The lowest BCUT2D eigenvalue weighted by Crippen LogP contribution is -2.50. The van der Waals surface area contributed by atoms with E-state index in [9.17, 15) is 0 Å². The van der Waals surface area contributed by atoms with Crippen LogP contribution in [0.1, 0.15) is 0 Å². The van der Waals surface area contributed by atoms with Gasteiger partial charge in [-0.3, -0.25) is 0 Å². The molecule has 28 rings (SSSR count). The Morgan fingerprint density at radius 1 is 0.129 bits per heavy atom. The Balaban J connectivity index is 0.000000112. The molecule has 0 bridgehead atoms. The molecule has 0 saturated heterocycles. The van der Waals surface area contributed by atoms with E-state index >= 15 is 0 Å². The molecule has 0 aliphatic carbocycles. The predicted octanol–water partition coefficient (Wildman–Crippen LogP) is 30.6. The van der Waals surface area contributed by atoms with Crippen LogP contribution in [0.25, 0.3) is 245 Å². The van der Waals surface area contributed by atoms with Gasteiger partial charge in [-0.15, -0.1) is 0 Å². The van der Waals surface area contributed by atoms with Gasteiger partial charge in [-0.1, -0.05) is 482 Å². The first-order chi connectivity index (χ1) is 72.1. The minimum atomic E-state index is -2.14. The molecule has 3 aliphatic heterocycles. The first-order valence-corrected chi connectivity index (χ1v) is 59.5. The summed E-state index contributed by atoms with van der Waals surface area (Å²) in [4.78, 5) is 47.0. The summed E-state index contributed by atoms with van der Waals surface area (Å²) in [5.74, 6) is 6.12. The smallest absolute Gasteiger partial charge is 0.164 e. The van der Waals surface area contributed by atoms with Crippen molar-refractivity contribution in [3.8, 4) is 180 Å². The van der Waals surface area contributed by atoms with E-state index in [-0.39, 0.29) is 0 Å². The van der Waals surface area contributed by atoms with Crippen molar-refractivity contribution in [2.24, 2.45) is 0 Å². The van der Waals surface area contributed by atoms with E-state index in [0.29, 0.717) is 52.4 Å². The molecule has 22 aromatic carbocycles. The van der Waals surface area contributed by atoms with Gasteiger partial charge in [0.2, 0.25) is 0 Å². The molecule has 3 aliphatic rings. The van der Waals surface area contributed by atoms with Crippen LogP contribution in [0.5, 0.6) is 0 Å². The number of nitrogens with zero attached hydrogens (tertiary/aromatic N) is 9. The molecule has 694 valence electrons. The van der Waals surface area contributed by atoms with Gasteiger partial charge in [-0.25, -0.2) is 44.9 Å². The fourth-order valence-electron chi connectivity index (χ4n) is 23.1. The van der Waals surface area contributed by atoms with Crippen LogP contribution in [0.4, 0.5) is 0 Å². The lowest BCUT2D eigenvalue weighted by atomic mass is 9.94. The Hall–Kier alpha value is -17.9. The van der Waals surface area contributed by atoms with Gasteiger partial charge in [0.25, 0.3) is 0 Å². The molecular weight excluding hydrogens is 1830 g/mol. The number of rotatable bonds is 13. The molecule has 147 heavy (non-hydrogen) atoms. The van der Waals surface area contributed by atoms with Gasteiger partial charge in [-0.2, -0.15) is 0 Å². The molecule has 0 saturated carbocycles. The van der Waals surface area contributed by atoms with E-state index in [4.69, 9.17) is 44.9 Å². The van der Waals surface area contributed by atoms with Gasteiger partial charge in [0.1, 0.15) is 24.2 Å². The average molecular weight is 1930 g/mol. The molecule has 0 N–H and O–H groups in total. The zero-order valence-electron chi connectivity index (χ0n) is 82.1. The molecule has 0 amide bonds. The zero-order valence-corrected chi connectivity index (χ0v) is 85.1. The fraction of sp³-hybridized carbons (Fsp3) is 0.0444. The Morgan fingerprint density at radius 3 is 0.905 bits per heavy atom. The average Bonchev–Trinajstić information content (AvgIpc) is 1.55. The Kier molecular flexibility index (Phi) is 22.1. The maximum Gasteiger partial charge on any atom is 0.164 e. The molecule has 0 spiro atoms. The van der Waals surface area contributed by atoms with E-state index in [1.165, 1.54) is 146 Å². The van der Waals surface area contributed by atoms with Gasteiger partial charge in [0.05, 0.1) is 0 Å². The Labute approximate surface area is 857 Å². The summed E-state index contributed by atoms with van der Waals surface area (Å²) in [6.07, 6.45) is 0. The zero-order chi connectivity index (χ0) is 98.6. The van der Waals surface area contributed by atoms with E-state index < -0.39 is 24.2 Å². The van der Waals surface area contributed by atoms with Crippen molar-refractivity contribution in [1.82, 2.24) is 44.9 Å². The van der Waals surface area contributed by atoms with Crippen molar-refractivity contribution < 1.29 is 0 Å². The monoisotopic (exact) mass is 1930 g/mol. The number of hydrogen-bond acceptors (Lipinski definition) is 9. The minimum Gasteiger partial charge on any atom is -0.208 e. The van der Waals surface area contributed by atoms with Gasteiger partial charge < -0.3 is 0 Å². The van der Waals surface area contributed by atoms with Gasteiger partial charge >= 0.3 is 0 Å². The first kappa shape index (κ1) is 89.2. The van der Waals surface area contributed by atoms with Gasteiger partial charge in [-0.05, 0) is 210 Å². The summed E-state index contributed by atoms with van der Waals surface area (Å²) in [7, 11) is -5.97. The third-order valence-corrected chi connectivity index (χ3v) is 41.0. The molecule has 0 fully saturated rings. The summed E-state index contributed by atoms with van der Waals surface area (Å²) >= 11 is 0. The van der Waals surface area contributed by atoms with Crippen LogP contribution >= 0.6 is 0 Å². The van der Waals surface area contributed by atoms with Crippen molar-refractivity contribution in [2.45, 2.75) is 39.3 Å². The molecule has 25 aromatic rings. The van der Waals surface area contributed by atoms with Crippen molar-refractivity contribution in [3.63, 3.8) is 0 Å². The summed E-state index contributed by atoms with van der Waals surface area (Å²) in [6.45, 7) is 14.8. The van der Waals surface area contributed by atoms with Crippen molar-refractivity contribution in [3.05, 3.63) is 479 Å². The summed E-state index contributed by atoms with van der Waals surface area (Å²) in [5, 5.41) is 23.3. The molecule has 3 aromatic heterocycles. The van der Waals surface area contributed by atoms with Crippen molar-refractivity contribution >= 4 is 120 Å². The second-order valence-electron chi connectivity index (χ2n) is 40.1. The van der Waals surface area contributed by atoms with Crippen LogP contribution in [-0.2, 0) is 0 Å². The molecule has 12 heteroatoms. The van der Waals surface area contributed by atoms with E-state index in [2.05, 4.69) is 476 Å². The van der Waals surface area contributed by atoms with Crippen molar-refractivity contribution in [2.75, 3.05) is 0 Å². The van der Waals surface area contributed by atoms with Crippen LogP contribution in [-0.4, -0.2) is 69.1 Å². The standard InChI is InChI=1S/C49H35N3Si.2C43H31N3Si/c1-53(2)44-28-27-34-17-9-10-20-41(34)45(44)42-21-12-22-43(46(42)53)49-51-47(39-19-11-18-35(30-39)32-13-5-3-6-14-32)50-48(52-49)40-26-25-37-29-36(23-24-38(37)31-40)33-15-7-4-8-16-33;1-47(2)37-23-13-22-36(40(37)39-32-19-10-9-16-29(32)24-27-38(39)47)43-45-41(30-17-7-4-8-18-30)44-42(46-43)35-26-25-31(28-14-5-3-6-15-28)33-20-11-12-21-34(33)35;1-47(2)38-25-22-31(27-37(38)40-33-18-10-9-15-29(33)21-26-39(40)47)42-44-41(30-16-7-4-8-17-30)45-43(46-42)36-24-23-32(28-13-5-3-6-14-28)34-19-11-12-20-35(34)36/h3-31H,1-2H3;2*3-27H,1-2H3. The third kappa shape index (κ3) is 15.8. The predicted molar refractivity (Wildman–Crippen MR) is 622 cm³/mol. The van der Waals surface area contributed by atoms with Crippen molar-refractivity contribution in [1.29, 1.82) is 0 Å². The van der Waals surface area contributed by atoms with Crippen LogP contribution in [0.3, 0.4) is 0 Å². The molecule has 0 radical (unpaired) electrons. The largest absolute Gasteiger partial charge is 0.208 e. The van der Waals surface area contributed by atoms with Crippen LogP contribution in [0, 0.1) is 0 Å². The van der Waals surface area contributed by atoms with Gasteiger partial charge in [0.15, 0.2) is 52.4 Å². The highest BCUT2D eigenvalue weighted by atomic mass is 28.3. The molecule has 0 unspecified atom stereocenters. The maximum absolute atomic E-state index is 5.32. The van der Waals surface area contributed by atoms with E-state index in [0.717, 1.165) is 77.4 Å². The second kappa shape index (κ2) is 36.5. The highest BCUT2D eigenvalue weighted by molar-refractivity contribution is 7.05. The molecular formula is C135H97N9Si3. The number of hydrogen-bond donors (Lipinski definition) is 0. The maximum atomic E-state index is 5.32. The molecule has 0 atom stereocenters. The number of aromatic nitrogens is 9. The third-order valence-electron chi connectivity index (χ3n) is 30.4. The van der Waals surface area contributed by atoms with E-state index in [1.54, 1.807) is 0 Å². The highest BCUT2D eigenvalue weighted by Crippen LogP contribution is 2.47. The highest BCUT2D eigenvalue weighted by Gasteiger charge is 2.44. The SMILES string of the molecule is C[Si]1(C)c2ccc(-c3nc(-c4ccccc4)nc(-c4ccc(-c5ccccc5)c5ccccc45)n3)cc2-c2c1ccc1ccccc21.C[Si]1(C)c2ccc3ccccc3c2-c2cccc(-c3nc(-c4cccc(-c5ccccc5)c4)nc(-c4ccc5cc(-c6ccccc6)ccc5c4)n3)c21.C[Si]1(C)c2cccc(-c3nc(-c4ccccc4)nc(-c4ccc(-c5ccccc5)c5ccccc45)n3)c2-c2c1ccc1ccccc21. The van der Waals surface area contributed by atoms with Crippen LogP contribution in [0.2, 0.25) is 39.3 Å². The molecule has 9 nitrogen and oxygen atoms in total. The quantitative estimate of drug-likeness (QED) is 0.104. The van der Waals surface area contributed by atoms with Gasteiger partial charge in [0, 0.05) is 50.1 Å². The summed E-state index contributed by atoms with van der Waals surface area (Å²) < 4.78 is 0. The number of fused-ring (bicyclic) bond motifs is 18. The normalized spacial score (nSPS) is 13.0. The first-order valence-electron chi connectivity index (χ1n) is 50.5. The molecule has 6 heterocycles. The van der Waals surface area contributed by atoms with Crippen LogP contribution < -0.4 is 31.1 Å². The minimum absolute atomic E-state index is 0.667. The topological polar surface area (TPSA) is 116 Å².